The van der Waals surface area contributed by atoms with E-state index in [-0.39, 0.29) is 16.8 Å². The van der Waals surface area contributed by atoms with Crippen LogP contribution in [0.4, 0.5) is 0 Å². The molecule has 1 unspecified atom stereocenters. The lowest BCUT2D eigenvalue weighted by Gasteiger charge is -2.12. The number of carbonyl (C=O) groups is 1. The topological polar surface area (TPSA) is 76.7 Å². The van der Waals surface area contributed by atoms with E-state index in [0.29, 0.717) is 16.4 Å². The maximum Gasteiger partial charge on any atom is 0.344 e. The second-order valence-corrected chi connectivity index (χ2v) is 4.66. The Kier molecular flexibility index (Phi) is 3.10. The molecule has 0 saturated carbocycles. The number of aliphatic carboxylic acids is 1. The van der Waals surface area contributed by atoms with Crippen LogP contribution in [0.3, 0.4) is 0 Å². The quantitative estimate of drug-likeness (QED) is 0.748. The molecule has 106 valence electrons. The van der Waals surface area contributed by atoms with Gasteiger partial charge in [-0.15, -0.1) is 0 Å². The van der Waals surface area contributed by atoms with Gasteiger partial charge in [-0.05, 0) is 31.2 Å². The fraction of sp³-hybridized carbons (Fsp3) is 0.125. The summed E-state index contributed by atoms with van der Waals surface area (Å²) in [5.74, 6) is -0.847. The van der Waals surface area contributed by atoms with E-state index in [4.69, 9.17) is 14.3 Å². The Morgan fingerprint density at radius 3 is 2.62 bits per heavy atom. The van der Waals surface area contributed by atoms with Gasteiger partial charge in [0.25, 0.3) is 0 Å². The first kappa shape index (κ1) is 13.2. The summed E-state index contributed by atoms with van der Waals surface area (Å²) in [6.07, 6.45) is -1.03. The maximum atomic E-state index is 12.4. The van der Waals surface area contributed by atoms with E-state index >= 15 is 0 Å². The summed E-state index contributed by atoms with van der Waals surface area (Å²) in [6.45, 7) is 1.42. The van der Waals surface area contributed by atoms with Gasteiger partial charge >= 0.3 is 5.97 Å². The molecule has 3 aromatic rings. The van der Waals surface area contributed by atoms with Crippen molar-refractivity contribution in [3.05, 3.63) is 52.7 Å². The first-order valence-corrected chi connectivity index (χ1v) is 6.42. The van der Waals surface area contributed by atoms with E-state index in [9.17, 15) is 9.59 Å². The normalized spacial score (nSPS) is 12.4. The maximum absolute atomic E-state index is 12.4. The molecule has 0 saturated heterocycles. The highest BCUT2D eigenvalue weighted by Gasteiger charge is 2.17. The predicted octanol–water partition coefficient (Wildman–Crippen LogP) is 2.80. The van der Waals surface area contributed by atoms with Crippen molar-refractivity contribution in [3.63, 3.8) is 0 Å². The van der Waals surface area contributed by atoms with E-state index < -0.39 is 12.1 Å². The summed E-state index contributed by atoms with van der Waals surface area (Å²) in [4.78, 5) is 23.3. The highest BCUT2D eigenvalue weighted by atomic mass is 16.5. The Hall–Kier alpha value is -2.82. The Labute approximate surface area is 119 Å². The molecule has 1 atom stereocenters. The Morgan fingerprint density at radius 2 is 1.86 bits per heavy atom. The molecule has 5 nitrogen and oxygen atoms in total. The molecule has 0 spiro atoms. The molecule has 0 amide bonds. The minimum atomic E-state index is -1.09. The van der Waals surface area contributed by atoms with Crippen molar-refractivity contribution < 1.29 is 19.1 Å². The van der Waals surface area contributed by atoms with E-state index in [1.54, 1.807) is 42.5 Å². The Morgan fingerprint density at radius 1 is 1.14 bits per heavy atom. The molecule has 0 aliphatic rings. The first-order valence-electron chi connectivity index (χ1n) is 6.42. The number of carboxylic acid groups (broad SMARTS) is 1. The van der Waals surface area contributed by atoms with Gasteiger partial charge in [0.2, 0.25) is 5.43 Å². The highest BCUT2D eigenvalue weighted by Crippen LogP contribution is 2.27. The molecule has 0 fully saturated rings. The Bertz CT molecular complexity index is 894. The van der Waals surface area contributed by atoms with Gasteiger partial charge < -0.3 is 14.3 Å². The lowest BCUT2D eigenvalue weighted by molar-refractivity contribution is -0.144. The predicted molar refractivity (Wildman–Crippen MR) is 77.7 cm³/mol. The fourth-order valence-corrected chi connectivity index (χ4v) is 2.13. The number of hydrogen-bond acceptors (Lipinski definition) is 4. The third kappa shape index (κ3) is 2.23. The van der Waals surface area contributed by atoms with E-state index in [1.807, 2.05) is 0 Å². The second-order valence-electron chi connectivity index (χ2n) is 4.66. The van der Waals surface area contributed by atoms with Crippen molar-refractivity contribution in [2.45, 2.75) is 13.0 Å². The number of hydrogen-bond donors (Lipinski definition) is 1. The van der Waals surface area contributed by atoms with E-state index in [2.05, 4.69) is 0 Å². The molecule has 1 heterocycles. The number of rotatable bonds is 3. The highest BCUT2D eigenvalue weighted by molar-refractivity contribution is 5.92. The standard InChI is InChI=1S/C16H12O5/c1-9(16(18)19)20-13-8-4-6-11-14(17)10-5-2-3-7-12(10)21-15(11)13/h2-9H,1H3,(H,18,19). The van der Waals surface area contributed by atoms with Crippen molar-refractivity contribution in [2.24, 2.45) is 0 Å². The molecule has 0 aliphatic carbocycles. The summed E-state index contributed by atoms with van der Waals surface area (Å²) in [7, 11) is 0. The average molecular weight is 284 g/mol. The molecule has 1 N–H and O–H groups in total. The zero-order valence-electron chi connectivity index (χ0n) is 11.2. The number of carboxylic acids is 1. The van der Waals surface area contributed by atoms with Crippen molar-refractivity contribution in [3.8, 4) is 5.75 Å². The molecule has 3 rings (SSSR count). The summed E-state index contributed by atoms with van der Waals surface area (Å²) in [5, 5.41) is 9.77. The summed E-state index contributed by atoms with van der Waals surface area (Å²) in [5.41, 5.74) is 0.531. The van der Waals surface area contributed by atoms with Crippen molar-refractivity contribution in [1.29, 1.82) is 0 Å². The van der Waals surface area contributed by atoms with Crippen LogP contribution < -0.4 is 10.2 Å². The molecular formula is C16H12O5. The monoisotopic (exact) mass is 284 g/mol. The second kappa shape index (κ2) is 4.94. The Balaban J connectivity index is 2.28. The van der Waals surface area contributed by atoms with E-state index in [1.165, 1.54) is 6.92 Å². The van der Waals surface area contributed by atoms with Crippen LogP contribution in [0.5, 0.6) is 5.75 Å². The number of ether oxygens (including phenoxy) is 1. The van der Waals surface area contributed by atoms with E-state index in [0.717, 1.165) is 0 Å². The van der Waals surface area contributed by atoms with Crippen molar-refractivity contribution in [2.75, 3.05) is 0 Å². The minimum Gasteiger partial charge on any atom is -0.479 e. The summed E-state index contributed by atoms with van der Waals surface area (Å²) in [6, 6.07) is 11.8. The minimum absolute atomic E-state index is 0.166. The molecule has 21 heavy (non-hydrogen) atoms. The van der Waals surface area contributed by atoms with Gasteiger partial charge in [0.1, 0.15) is 5.58 Å². The van der Waals surface area contributed by atoms with Gasteiger partial charge in [0, 0.05) is 0 Å². The van der Waals surface area contributed by atoms with Gasteiger partial charge in [0.15, 0.2) is 17.4 Å². The molecule has 0 bridgehead atoms. The van der Waals surface area contributed by atoms with Gasteiger partial charge in [-0.1, -0.05) is 18.2 Å². The van der Waals surface area contributed by atoms with Gasteiger partial charge in [-0.25, -0.2) is 4.79 Å². The van der Waals surface area contributed by atoms with Crippen LogP contribution in [0.25, 0.3) is 21.9 Å². The number of fused-ring (bicyclic) bond motifs is 2. The molecule has 1 aromatic heterocycles. The zero-order valence-corrected chi connectivity index (χ0v) is 11.2. The van der Waals surface area contributed by atoms with Gasteiger partial charge in [-0.3, -0.25) is 4.79 Å². The van der Waals surface area contributed by atoms with Crippen molar-refractivity contribution >= 4 is 27.9 Å². The van der Waals surface area contributed by atoms with Crippen LogP contribution in [0.15, 0.2) is 51.7 Å². The van der Waals surface area contributed by atoms with Crippen LogP contribution in [0, 0.1) is 0 Å². The fourth-order valence-electron chi connectivity index (χ4n) is 2.13. The summed E-state index contributed by atoms with van der Waals surface area (Å²) >= 11 is 0. The van der Waals surface area contributed by atoms with Crippen molar-refractivity contribution in [1.82, 2.24) is 0 Å². The SMILES string of the molecule is CC(Oc1cccc2c(=O)c3ccccc3oc12)C(=O)O. The average Bonchev–Trinajstić information content (AvgIpc) is 2.48. The zero-order chi connectivity index (χ0) is 15.0. The number of para-hydroxylation sites is 2. The third-order valence-electron chi connectivity index (χ3n) is 3.22. The lowest BCUT2D eigenvalue weighted by atomic mass is 10.1. The smallest absolute Gasteiger partial charge is 0.344 e. The molecule has 5 heteroatoms. The molecule has 0 aliphatic heterocycles. The molecule has 0 radical (unpaired) electrons. The molecular weight excluding hydrogens is 272 g/mol. The third-order valence-corrected chi connectivity index (χ3v) is 3.22. The van der Waals surface area contributed by atoms with Crippen LogP contribution in [-0.4, -0.2) is 17.2 Å². The lowest BCUT2D eigenvalue weighted by Crippen LogP contribution is -2.23. The van der Waals surface area contributed by atoms with Gasteiger partial charge in [-0.2, -0.15) is 0 Å². The van der Waals surface area contributed by atoms with Gasteiger partial charge in [0.05, 0.1) is 10.8 Å². The van der Waals surface area contributed by atoms with Crippen LogP contribution in [0.1, 0.15) is 6.92 Å². The first-order chi connectivity index (χ1) is 10.1. The molecule has 2 aromatic carbocycles. The summed E-state index contributed by atoms with van der Waals surface area (Å²) < 4.78 is 11.1. The number of benzene rings is 2. The van der Waals surface area contributed by atoms with Crippen LogP contribution in [-0.2, 0) is 4.79 Å². The largest absolute Gasteiger partial charge is 0.479 e. The van der Waals surface area contributed by atoms with Crippen LogP contribution >= 0.6 is 0 Å². The van der Waals surface area contributed by atoms with Crippen LogP contribution in [0.2, 0.25) is 0 Å².